The molecule has 19 heavy (non-hydrogen) atoms. The maximum absolute atomic E-state index is 12.2. The van der Waals surface area contributed by atoms with E-state index in [0.717, 1.165) is 5.39 Å². The highest BCUT2D eigenvalue weighted by molar-refractivity contribution is 7.92. The van der Waals surface area contributed by atoms with Crippen LogP contribution in [0.4, 0.5) is 5.69 Å². The number of fused-ring (bicyclic) bond motifs is 1. The lowest BCUT2D eigenvalue weighted by Gasteiger charge is -2.08. The molecule has 2 N–H and O–H groups in total. The van der Waals surface area contributed by atoms with Crippen LogP contribution in [0.15, 0.2) is 59.6 Å². The Morgan fingerprint density at radius 1 is 1.00 bits per heavy atom. The normalized spacial score (nSPS) is 11.6. The second-order valence-electron chi connectivity index (χ2n) is 4.06. The van der Waals surface area contributed by atoms with Crippen LogP contribution in [-0.2, 0) is 10.0 Å². The molecule has 0 aliphatic rings. The Labute approximate surface area is 110 Å². The summed E-state index contributed by atoms with van der Waals surface area (Å²) in [5.41, 5.74) is 1.15. The molecule has 0 bridgehead atoms. The van der Waals surface area contributed by atoms with Crippen molar-refractivity contribution in [1.82, 2.24) is 10.2 Å². The van der Waals surface area contributed by atoms with E-state index in [-0.39, 0.29) is 4.90 Å². The van der Waals surface area contributed by atoms with E-state index in [9.17, 15) is 8.42 Å². The number of hydrogen-bond donors (Lipinski definition) is 2. The van der Waals surface area contributed by atoms with Crippen molar-refractivity contribution in [3.63, 3.8) is 0 Å². The van der Waals surface area contributed by atoms with Gasteiger partial charge in [0.2, 0.25) is 0 Å². The largest absolute Gasteiger partial charge is 0.277 e. The lowest BCUT2D eigenvalue weighted by molar-refractivity contribution is 0.601. The standard InChI is InChI=1S/C13H11N3O2S/c17-19(18,11-6-2-1-3-7-11)16-12-8-4-5-10-9-14-15-13(10)12/h1-9,16H,(H,14,15). The molecular weight excluding hydrogens is 262 g/mol. The van der Waals surface area contributed by atoms with E-state index in [2.05, 4.69) is 14.9 Å². The minimum Gasteiger partial charge on any atom is -0.277 e. The molecule has 0 saturated carbocycles. The third kappa shape index (κ3) is 2.17. The van der Waals surface area contributed by atoms with Gasteiger partial charge in [-0.25, -0.2) is 8.42 Å². The van der Waals surface area contributed by atoms with E-state index in [1.807, 2.05) is 6.07 Å². The summed E-state index contributed by atoms with van der Waals surface area (Å²) >= 11 is 0. The summed E-state index contributed by atoms with van der Waals surface area (Å²) in [7, 11) is -3.58. The number of benzene rings is 2. The van der Waals surface area contributed by atoms with Crippen molar-refractivity contribution in [3.05, 3.63) is 54.7 Å². The number of hydrogen-bond acceptors (Lipinski definition) is 3. The Hall–Kier alpha value is -2.34. The summed E-state index contributed by atoms with van der Waals surface area (Å²) < 4.78 is 27.0. The molecule has 3 rings (SSSR count). The molecule has 3 aromatic rings. The topological polar surface area (TPSA) is 74.8 Å². The monoisotopic (exact) mass is 273 g/mol. The molecule has 96 valence electrons. The van der Waals surface area contributed by atoms with Crippen molar-refractivity contribution in [2.75, 3.05) is 4.72 Å². The van der Waals surface area contributed by atoms with Gasteiger partial charge < -0.3 is 0 Å². The van der Waals surface area contributed by atoms with Crippen LogP contribution in [0.2, 0.25) is 0 Å². The number of aromatic nitrogens is 2. The van der Waals surface area contributed by atoms with Gasteiger partial charge in [-0.3, -0.25) is 9.82 Å². The first-order chi connectivity index (χ1) is 9.17. The highest BCUT2D eigenvalue weighted by Gasteiger charge is 2.15. The number of anilines is 1. The number of aromatic amines is 1. The number of H-pyrrole nitrogens is 1. The van der Waals surface area contributed by atoms with Gasteiger partial charge in [-0.15, -0.1) is 0 Å². The molecule has 0 amide bonds. The summed E-state index contributed by atoms with van der Waals surface area (Å²) in [6, 6.07) is 13.6. The second-order valence-corrected chi connectivity index (χ2v) is 5.74. The van der Waals surface area contributed by atoms with Gasteiger partial charge >= 0.3 is 0 Å². The lowest BCUT2D eigenvalue weighted by Crippen LogP contribution is -2.13. The fourth-order valence-electron chi connectivity index (χ4n) is 1.86. The molecule has 0 aliphatic heterocycles. The van der Waals surface area contributed by atoms with E-state index in [1.165, 1.54) is 0 Å². The molecule has 1 aromatic heterocycles. The Morgan fingerprint density at radius 3 is 2.58 bits per heavy atom. The van der Waals surface area contributed by atoms with Crippen molar-refractivity contribution in [2.45, 2.75) is 4.90 Å². The number of sulfonamides is 1. The summed E-state index contributed by atoms with van der Waals surface area (Å²) in [6.07, 6.45) is 1.65. The summed E-state index contributed by atoms with van der Waals surface area (Å²) in [6.45, 7) is 0. The molecule has 2 aromatic carbocycles. The van der Waals surface area contributed by atoms with Crippen molar-refractivity contribution in [3.8, 4) is 0 Å². The quantitative estimate of drug-likeness (QED) is 0.769. The first kappa shape index (κ1) is 11.7. The Morgan fingerprint density at radius 2 is 1.79 bits per heavy atom. The zero-order chi connectivity index (χ0) is 13.3. The summed E-state index contributed by atoms with van der Waals surface area (Å²) in [4.78, 5) is 0.228. The fourth-order valence-corrected chi connectivity index (χ4v) is 2.95. The van der Waals surface area contributed by atoms with Crippen LogP contribution in [0.5, 0.6) is 0 Å². The summed E-state index contributed by atoms with van der Waals surface area (Å²) in [5.74, 6) is 0. The molecular formula is C13H11N3O2S. The number of nitrogens with zero attached hydrogens (tertiary/aromatic N) is 1. The Balaban J connectivity index is 2.04. The van der Waals surface area contributed by atoms with E-state index in [4.69, 9.17) is 0 Å². The van der Waals surface area contributed by atoms with Gasteiger partial charge in [0, 0.05) is 5.39 Å². The van der Waals surface area contributed by atoms with Crippen LogP contribution in [0, 0.1) is 0 Å². The zero-order valence-electron chi connectivity index (χ0n) is 9.87. The third-order valence-electron chi connectivity index (χ3n) is 2.77. The number of rotatable bonds is 3. The predicted octanol–water partition coefficient (Wildman–Crippen LogP) is 2.36. The smallest absolute Gasteiger partial charge is 0.261 e. The van der Waals surface area contributed by atoms with Crippen LogP contribution in [0.1, 0.15) is 0 Å². The number of para-hydroxylation sites is 1. The van der Waals surface area contributed by atoms with Gasteiger partial charge in [-0.05, 0) is 18.2 Å². The van der Waals surface area contributed by atoms with E-state index < -0.39 is 10.0 Å². The Kier molecular flexibility index (Phi) is 2.72. The van der Waals surface area contributed by atoms with Gasteiger partial charge in [-0.2, -0.15) is 5.10 Å². The van der Waals surface area contributed by atoms with Gasteiger partial charge in [0.1, 0.15) is 0 Å². The average molecular weight is 273 g/mol. The maximum Gasteiger partial charge on any atom is 0.261 e. The van der Waals surface area contributed by atoms with Crippen LogP contribution < -0.4 is 4.72 Å². The van der Waals surface area contributed by atoms with E-state index in [0.29, 0.717) is 11.2 Å². The van der Waals surface area contributed by atoms with E-state index in [1.54, 1.807) is 48.7 Å². The third-order valence-corrected chi connectivity index (χ3v) is 4.16. The van der Waals surface area contributed by atoms with Crippen LogP contribution >= 0.6 is 0 Å². The van der Waals surface area contributed by atoms with E-state index >= 15 is 0 Å². The predicted molar refractivity (Wildman–Crippen MR) is 73.3 cm³/mol. The first-order valence-corrected chi connectivity index (χ1v) is 7.15. The summed E-state index contributed by atoms with van der Waals surface area (Å²) in [5, 5.41) is 7.55. The van der Waals surface area contributed by atoms with Crippen LogP contribution in [-0.4, -0.2) is 18.6 Å². The van der Waals surface area contributed by atoms with Gasteiger partial charge in [0.15, 0.2) is 0 Å². The van der Waals surface area contributed by atoms with Crippen molar-refractivity contribution < 1.29 is 8.42 Å². The van der Waals surface area contributed by atoms with Crippen LogP contribution in [0.25, 0.3) is 10.9 Å². The molecule has 1 heterocycles. The molecule has 0 aliphatic carbocycles. The molecule has 0 saturated heterocycles. The molecule has 0 radical (unpaired) electrons. The molecule has 0 atom stereocenters. The van der Waals surface area contributed by atoms with Gasteiger partial charge in [0.25, 0.3) is 10.0 Å². The second kappa shape index (κ2) is 4.40. The zero-order valence-corrected chi connectivity index (χ0v) is 10.7. The van der Waals surface area contributed by atoms with Crippen molar-refractivity contribution in [1.29, 1.82) is 0 Å². The molecule has 6 heteroatoms. The van der Waals surface area contributed by atoms with Crippen molar-refractivity contribution in [2.24, 2.45) is 0 Å². The molecule has 0 unspecified atom stereocenters. The average Bonchev–Trinajstić information content (AvgIpc) is 2.89. The first-order valence-electron chi connectivity index (χ1n) is 5.67. The minimum absolute atomic E-state index is 0.228. The van der Waals surface area contributed by atoms with Gasteiger partial charge in [0.05, 0.1) is 22.3 Å². The molecule has 0 fully saturated rings. The minimum atomic E-state index is -3.58. The fraction of sp³-hybridized carbons (Fsp3) is 0. The Bertz CT molecular complexity index is 810. The maximum atomic E-state index is 12.2. The highest BCUT2D eigenvalue weighted by atomic mass is 32.2. The van der Waals surface area contributed by atoms with Crippen molar-refractivity contribution >= 4 is 26.6 Å². The van der Waals surface area contributed by atoms with Crippen LogP contribution in [0.3, 0.4) is 0 Å². The lowest BCUT2D eigenvalue weighted by atomic mass is 10.2. The molecule has 0 spiro atoms. The SMILES string of the molecule is O=S(=O)(Nc1cccc2cn[nH]c12)c1ccccc1. The van der Waals surface area contributed by atoms with Gasteiger partial charge in [-0.1, -0.05) is 30.3 Å². The highest BCUT2D eigenvalue weighted by Crippen LogP contribution is 2.23. The molecule has 5 nitrogen and oxygen atoms in total. The number of nitrogens with one attached hydrogen (secondary N) is 2.